The van der Waals surface area contributed by atoms with Gasteiger partial charge in [-0.05, 0) is 36.8 Å². The molecule has 1 aliphatic heterocycles. The van der Waals surface area contributed by atoms with E-state index in [0.29, 0.717) is 10.5 Å². The molecule has 0 unspecified atom stereocenters. The summed E-state index contributed by atoms with van der Waals surface area (Å²) in [4.78, 5) is 26.7. The van der Waals surface area contributed by atoms with Crippen LogP contribution in [0.5, 0.6) is 0 Å². The van der Waals surface area contributed by atoms with Crippen molar-refractivity contribution >= 4 is 62.1 Å². The highest BCUT2D eigenvalue weighted by molar-refractivity contribution is 9.10. The highest BCUT2D eigenvalue weighted by atomic mass is 79.9. The molecule has 3 rings (SSSR count). The van der Waals surface area contributed by atoms with E-state index < -0.39 is 5.91 Å². The van der Waals surface area contributed by atoms with Crippen molar-refractivity contribution < 1.29 is 9.59 Å². The van der Waals surface area contributed by atoms with Gasteiger partial charge in [-0.15, -0.1) is 0 Å². The first-order valence-corrected chi connectivity index (χ1v) is 9.12. The largest absolute Gasteiger partial charge is 0.273 e. The van der Waals surface area contributed by atoms with E-state index in [1.165, 1.54) is 0 Å². The topological polar surface area (TPSA) is 37.4 Å². The zero-order chi connectivity index (χ0) is 17.3. The molecule has 0 N–H and O–H groups in total. The van der Waals surface area contributed by atoms with Crippen LogP contribution in [0.15, 0.2) is 57.9 Å². The molecule has 1 fully saturated rings. The van der Waals surface area contributed by atoms with Gasteiger partial charge in [-0.1, -0.05) is 75.8 Å². The zero-order valence-electron chi connectivity index (χ0n) is 12.7. The fourth-order valence-corrected chi connectivity index (χ4v) is 3.86. The van der Waals surface area contributed by atoms with E-state index in [2.05, 4.69) is 15.9 Å². The normalized spacial score (nSPS) is 16.1. The first-order valence-electron chi connectivity index (χ1n) is 7.10. The molecule has 0 bridgehead atoms. The Labute approximate surface area is 157 Å². The molecule has 24 heavy (non-hydrogen) atoms. The van der Waals surface area contributed by atoms with Gasteiger partial charge >= 0.3 is 0 Å². The Hall–Kier alpha value is -1.76. The van der Waals surface area contributed by atoms with Crippen LogP contribution in [0.4, 0.5) is 0 Å². The van der Waals surface area contributed by atoms with Crippen LogP contribution in [-0.4, -0.2) is 21.0 Å². The Morgan fingerprint density at radius 2 is 1.92 bits per heavy atom. The van der Waals surface area contributed by atoms with Gasteiger partial charge in [-0.3, -0.25) is 9.59 Å². The molecule has 120 valence electrons. The van der Waals surface area contributed by atoms with Crippen molar-refractivity contribution in [3.8, 4) is 0 Å². The third-order valence-corrected chi connectivity index (χ3v) is 5.24. The zero-order valence-corrected chi connectivity index (χ0v) is 15.9. The molecule has 3 nitrogen and oxygen atoms in total. The summed E-state index contributed by atoms with van der Waals surface area (Å²) in [5.74, 6) is -0.790. The lowest BCUT2D eigenvalue weighted by atomic mass is 10.1. The lowest BCUT2D eigenvalue weighted by Gasteiger charge is -2.12. The molecular formula is C18H12BrNO2S2. The average Bonchev–Trinajstić information content (AvgIpc) is 2.83. The first-order chi connectivity index (χ1) is 11.5. The maximum atomic E-state index is 12.6. The lowest BCUT2D eigenvalue weighted by molar-refractivity contribution is -0.120. The summed E-state index contributed by atoms with van der Waals surface area (Å²) >= 11 is 9.71. The Bertz CT molecular complexity index is 875. The molecule has 1 heterocycles. The van der Waals surface area contributed by atoms with Gasteiger partial charge in [-0.2, -0.15) is 0 Å². The smallest absolute Gasteiger partial charge is 0.268 e. The number of rotatable bonds is 2. The maximum absolute atomic E-state index is 12.6. The number of aryl methyl sites for hydroxylation is 1. The highest BCUT2D eigenvalue weighted by Gasteiger charge is 2.37. The summed E-state index contributed by atoms with van der Waals surface area (Å²) in [7, 11) is 0. The molecule has 0 aliphatic carbocycles. The molecule has 2 aromatic carbocycles. The number of benzene rings is 2. The van der Waals surface area contributed by atoms with Gasteiger partial charge in [0.15, 0.2) is 4.32 Å². The number of carbonyl (C=O) groups is 2. The van der Waals surface area contributed by atoms with E-state index in [9.17, 15) is 9.59 Å². The summed E-state index contributed by atoms with van der Waals surface area (Å²) in [6, 6.07) is 14.7. The van der Waals surface area contributed by atoms with Crippen LogP contribution >= 0.6 is 39.9 Å². The Balaban J connectivity index is 1.89. The second-order valence-electron chi connectivity index (χ2n) is 5.24. The summed E-state index contributed by atoms with van der Waals surface area (Å²) in [6.45, 7) is 2.00. The highest BCUT2D eigenvalue weighted by Crippen LogP contribution is 2.33. The van der Waals surface area contributed by atoms with Crippen LogP contribution < -0.4 is 0 Å². The van der Waals surface area contributed by atoms with E-state index in [-0.39, 0.29) is 10.2 Å². The van der Waals surface area contributed by atoms with Crippen molar-refractivity contribution in [3.63, 3.8) is 0 Å². The molecule has 1 aliphatic rings. The molecule has 0 atom stereocenters. The Morgan fingerprint density at radius 1 is 1.21 bits per heavy atom. The number of carbonyl (C=O) groups excluding carboxylic acids is 2. The predicted molar refractivity (Wildman–Crippen MR) is 105 cm³/mol. The van der Waals surface area contributed by atoms with Gasteiger partial charge < -0.3 is 0 Å². The summed E-state index contributed by atoms with van der Waals surface area (Å²) in [6.07, 6.45) is 1.76. The second-order valence-corrected chi connectivity index (χ2v) is 7.83. The quantitative estimate of drug-likeness (QED) is 0.399. The molecule has 0 aromatic heterocycles. The lowest BCUT2D eigenvalue weighted by Crippen LogP contribution is -2.34. The van der Waals surface area contributed by atoms with Crippen molar-refractivity contribution in [2.45, 2.75) is 6.92 Å². The standard InChI is InChI=1S/C18H12BrNO2S2/c1-11-5-7-12(8-6-11)9-15-17(22)20(18(23)24-15)16(21)13-3-2-4-14(19)10-13/h2-10H,1H3/b15-9-. The number of nitrogens with zero attached hydrogens (tertiary/aromatic N) is 1. The first kappa shape index (κ1) is 17.1. The van der Waals surface area contributed by atoms with E-state index in [1.54, 1.807) is 24.3 Å². The van der Waals surface area contributed by atoms with E-state index in [4.69, 9.17) is 12.2 Å². The van der Waals surface area contributed by atoms with Gasteiger partial charge in [0.1, 0.15) is 0 Å². The summed E-state index contributed by atoms with van der Waals surface area (Å²) < 4.78 is 1.03. The SMILES string of the molecule is Cc1ccc(/C=C2\SC(=S)N(C(=O)c3cccc(Br)c3)C2=O)cc1. The molecule has 0 spiro atoms. The van der Waals surface area contributed by atoms with Crippen molar-refractivity contribution in [1.82, 2.24) is 4.90 Å². The third kappa shape index (κ3) is 3.50. The van der Waals surface area contributed by atoms with Crippen LogP contribution in [0.2, 0.25) is 0 Å². The number of hydrogen-bond donors (Lipinski definition) is 0. The molecule has 1 saturated heterocycles. The predicted octanol–water partition coefficient (Wildman–Crippen LogP) is 4.80. The van der Waals surface area contributed by atoms with Crippen molar-refractivity contribution in [2.24, 2.45) is 0 Å². The van der Waals surface area contributed by atoms with Gasteiger partial charge in [0, 0.05) is 10.0 Å². The monoisotopic (exact) mass is 417 g/mol. The van der Waals surface area contributed by atoms with E-state index in [1.807, 2.05) is 37.3 Å². The number of hydrogen-bond acceptors (Lipinski definition) is 4. The summed E-state index contributed by atoms with van der Waals surface area (Å²) in [5.41, 5.74) is 2.46. The van der Waals surface area contributed by atoms with Crippen LogP contribution in [-0.2, 0) is 4.79 Å². The Kier molecular flexibility index (Phi) is 4.99. The average molecular weight is 418 g/mol. The molecule has 2 aromatic rings. The molecule has 6 heteroatoms. The molecule has 0 radical (unpaired) electrons. The third-order valence-electron chi connectivity index (χ3n) is 3.44. The van der Waals surface area contributed by atoms with Crippen molar-refractivity contribution in [1.29, 1.82) is 0 Å². The van der Waals surface area contributed by atoms with Crippen LogP contribution in [0, 0.1) is 6.92 Å². The number of amides is 2. The molecular weight excluding hydrogens is 406 g/mol. The number of thiocarbonyl (C=S) groups is 1. The molecule has 2 amide bonds. The fourth-order valence-electron chi connectivity index (χ4n) is 2.21. The minimum Gasteiger partial charge on any atom is -0.268 e. The number of imide groups is 1. The van der Waals surface area contributed by atoms with Gasteiger partial charge in [-0.25, -0.2) is 4.90 Å². The second kappa shape index (κ2) is 7.01. The maximum Gasteiger partial charge on any atom is 0.273 e. The summed E-state index contributed by atoms with van der Waals surface area (Å²) in [5, 5.41) is 0. The fraction of sp³-hybridized carbons (Fsp3) is 0.0556. The van der Waals surface area contributed by atoms with Gasteiger partial charge in [0.2, 0.25) is 0 Å². The van der Waals surface area contributed by atoms with E-state index in [0.717, 1.165) is 32.3 Å². The number of thioether (sulfide) groups is 1. The van der Waals surface area contributed by atoms with Crippen molar-refractivity contribution in [3.05, 3.63) is 74.6 Å². The van der Waals surface area contributed by atoms with Gasteiger partial charge in [0.05, 0.1) is 4.91 Å². The molecule has 0 saturated carbocycles. The van der Waals surface area contributed by atoms with E-state index >= 15 is 0 Å². The minimum atomic E-state index is -0.411. The van der Waals surface area contributed by atoms with Gasteiger partial charge in [0.25, 0.3) is 11.8 Å². The van der Waals surface area contributed by atoms with Crippen molar-refractivity contribution in [2.75, 3.05) is 0 Å². The Morgan fingerprint density at radius 3 is 2.58 bits per heavy atom. The van der Waals surface area contributed by atoms with Crippen LogP contribution in [0.3, 0.4) is 0 Å². The van der Waals surface area contributed by atoms with Crippen LogP contribution in [0.1, 0.15) is 21.5 Å². The number of halogens is 1. The van der Waals surface area contributed by atoms with Crippen LogP contribution in [0.25, 0.3) is 6.08 Å². The minimum absolute atomic E-state index is 0.253.